The first-order valence-corrected chi connectivity index (χ1v) is 7.40. The fraction of sp³-hybridized carbons (Fsp3) is 0. The topological polar surface area (TPSA) is 32.9 Å². The van der Waals surface area contributed by atoms with Gasteiger partial charge in [0.15, 0.2) is 5.78 Å². The Kier molecular flexibility index (Phi) is 2.98. The monoisotopic (exact) mass is 305 g/mol. The van der Waals surface area contributed by atoms with E-state index in [1.807, 2.05) is 60.7 Å². The summed E-state index contributed by atoms with van der Waals surface area (Å²) in [5, 5.41) is 3.66. The van der Waals surface area contributed by atoms with Crippen molar-refractivity contribution >= 4 is 39.1 Å². The molecular formula is C19H12ClNO. The highest BCUT2D eigenvalue weighted by atomic mass is 35.5. The summed E-state index contributed by atoms with van der Waals surface area (Å²) in [6.07, 6.45) is 1.75. The van der Waals surface area contributed by atoms with E-state index in [1.54, 1.807) is 6.20 Å². The smallest absolute Gasteiger partial charge is 0.195 e. The Labute approximate surface area is 132 Å². The largest absolute Gasteiger partial charge is 0.360 e. The maximum atomic E-state index is 12.8. The van der Waals surface area contributed by atoms with Crippen LogP contribution in [0.15, 0.2) is 66.9 Å². The van der Waals surface area contributed by atoms with Crippen LogP contribution in [0.4, 0.5) is 0 Å². The summed E-state index contributed by atoms with van der Waals surface area (Å²) >= 11 is 6.05. The second-order valence-electron chi connectivity index (χ2n) is 5.28. The zero-order valence-corrected chi connectivity index (χ0v) is 12.4. The number of benzene rings is 3. The number of halogens is 1. The molecule has 0 aliphatic carbocycles. The number of ketones is 1. The van der Waals surface area contributed by atoms with Crippen molar-refractivity contribution < 1.29 is 4.79 Å². The van der Waals surface area contributed by atoms with Crippen LogP contribution in [0.3, 0.4) is 0 Å². The second-order valence-corrected chi connectivity index (χ2v) is 5.72. The summed E-state index contributed by atoms with van der Waals surface area (Å²) in [6.45, 7) is 0. The van der Waals surface area contributed by atoms with Crippen molar-refractivity contribution in [2.75, 3.05) is 0 Å². The summed E-state index contributed by atoms with van der Waals surface area (Å²) in [5.74, 6) is -0.000676. The molecule has 0 saturated heterocycles. The molecule has 0 unspecified atom stereocenters. The number of aromatic amines is 1. The van der Waals surface area contributed by atoms with Gasteiger partial charge in [0, 0.05) is 33.2 Å². The van der Waals surface area contributed by atoms with Crippen molar-refractivity contribution in [1.82, 2.24) is 4.98 Å². The highest BCUT2D eigenvalue weighted by Crippen LogP contribution is 2.25. The number of rotatable bonds is 2. The number of fused-ring (bicyclic) bond motifs is 2. The van der Waals surface area contributed by atoms with Crippen LogP contribution in [0.25, 0.3) is 21.7 Å². The Hall–Kier alpha value is -2.58. The minimum atomic E-state index is -0.000676. The molecule has 2 nitrogen and oxygen atoms in total. The zero-order chi connectivity index (χ0) is 15.1. The Balaban J connectivity index is 1.86. The standard InChI is InChI=1S/C19H12ClNO/c20-15-7-8-18-16(10-15)17(11-21-18)19(22)14-6-5-12-3-1-2-4-13(12)9-14/h1-11,21H. The van der Waals surface area contributed by atoms with Gasteiger partial charge in [0.25, 0.3) is 0 Å². The summed E-state index contributed by atoms with van der Waals surface area (Å²) in [7, 11) is 0. The number of hydrogen-bond donors (Lipinski definition) is 1. The quantitative estimate of drug-likeness (QED) is 0.507. The van der Waals surface area contributed by atoms with Gasteiger partial charge in [0.2, 0.25) is 0 Å². The van der Waals surface area contributed by atoms with E-state index in [9.17, 15) is 4.79 Å². The molecule has 0 bridgehead atoms. The molecule has 0 aliphatic rings. The van der Waals surface area contributed by atoms with Gasteiger partial charge in [0.1, 0.15) is 0 Å². The van der Waals surface area contributed by atoms with Crippen molar-refractivity contribution in [3.63, 3.8) is 0 Å². The van der Waals surface area contributed by atoms with Gasteiger partial charge < -0.3 is 4.98 Å². The van der Waals surface area contributed by atoms with E-state index in [0.29, 0.717) is 16.1 Å². The lowest BCUT2D eigenvalue weighted by atomic mass is 9.99. The van der Waals surface area contributed by atoms with Crippen LogP contribution in [0.2, 0.25) is 5.02 Å². The molecule has 4 rings (SSSR count). The number of hydrogen-bond acceptors (Lipinski definition) is 1. The molecule has 22 heavy (non-hydrogen) atoms. The highest BCUT2D eigenvalue weighted by Gasteiger charge is 2.14. The Morgan fingerprint density at radius 1 is 0.909 bits per heavy atom. The predicted octanol–water partition coefficient (Wildman–Crippen LogP) is 5.21. The van der Waals surface area contributed by atoms with Crippen molar-refractivity contribution in [2.24, 2.45) is 0 Å². The Bertz CT molecular complexity index is 1020. The van der Waals surface area contributed by atoms with E-state index in [0.717, 1.165) is 21.7 Å². The van der Waals surface area contributed by atoms with Gasteiger partial charge in [-0.25, -0.2) is 0 Å². The molecule has 1 heterocycles. The van der Waals surface area contributed by atoms with Gasteiger partial charge >= 0.3 is 0 Å². The van der Waals surface area contributed by atoms with Gasteiger partial charge in [-0.15, -0.1) is 0 Å². The van der Waals surface area contributed by atoms with Gasteiger partial charge in [-0.05, 0) is 35.0 Å². The van der Waals surface area contributed by atoms with E-state index in [4.69, 9.17) is 11.6 Å². The first-order valence-electron chi connectivity index (χ1n) is 7.02. The molecule has 0 saturated carbocycles. The fourth-order valence-electron chi connectivity index (χ4n) is 2.77. The van der Waals surface area contributed by atoms with Crippen molar-refractivity contribution in [1.29, 1.82) is 0 Å². The second kappa shape index (κ2) is 5.00. The molecule has 0 spiro atoms. The summed E-state index contributed by atoms with van der Waals surface area (Å²) in [6, 6.07) is 19.3. The maximum Gasteiger partial charge on any atom is 0.195 e. The van der Waals surface area contributed by atoms with Crippen LogP contribution in [0, 0.1) is 0 Å². The molecule has 4 aromatic rings. The van der Waals surface area contributed by atoms with Crippen molar-refractivity contribution in [3.05, 3.63) is 83.0 Å². The molecule has 0 amide bonds. The summed E-state index contributed by atoms with van der Waals surface area (Å²) in [5.41, 5.74) is 2.24. The van der Waals surface area contributed by atoms with Crippen LogP contribution in [0.5, 0.6) is 0 Å². The van der Waals surface area contributed by atoms with Crippen LogP contribution in [-0.2, 0) is 0 Å². The van der Waals surface area contributed by atoms with Gasteiger partial charge in [-0.3, -0.25) is 4.79 Å². The molecule has 1 aromatic heterocycles. The lowest BCUT2D eigenvalue weighted by Crippen LogP contribution is -2.00. The minimum absolute atomic E-state index is 0.000676. The average Bonchev–Trinajstić information content (AvgIpc) is 2.96. The number of H-pyrrole nitrogens is 1. The fourth-order valence-corrected chi connectivity index (χ4v) is 2.94. The van der Waals surface area contributed by atoms with Gasteiger partial charge in [0.05, 0.1) is 0 Å². The molecule has 3 aromatic carbocycles. The van der Waals surface area contributed by atoms with Gasteiger partial charge in [-0.2, -0.15) is 0 Å². The third-order valence-corrected chi connectivity index (χ3v) is 4.14. The highest BCUT2D eigenvalue weighted by molar-refractivity contribution is 6.31. The lowest BCUT2D eigenvalue weighted by Gasteiger charge is -2.03. The molecular weight excluding hydrogens is 294 g/mol. The van der Waals surface area contributed by atoms with E-state index < -0.39 is 0 Å². The molecule has 0 atom stereocenters. The van der Waals surface area contributed by atoms with Crippen molar-refractivity contribution in [3.8, 4) is 0 Å². The summed E-state index contributed by atoms with van der Waals surface area (Å²) in [4.78, 5) is 15.9. The molecule has 106 valence electrons. The van der Waals surface area contributed by atoms with E-state index in [1.165, 1.54) is 0 Å². The third-order valence-electron chi connectivity index (χ3n) is 3.90. The number of nitrogens with one attached hydrogen (secondary N) is 1. The van der Waals surface area contributed by atoms with Crippen LogP contribution >= 0.6 is 11.6 Å². The minimum Gasteiger partial charge on any atom is -0.360 e. The lowest BCUT2D eigenvalue weighted by molar-refractivity contribution is 0.104. The van der Waals surface area contributed by atoms with Crippen LogP contribution in [-0.4, -0.2) is 10.8 Å². The Morgan fingerprint density at radius 2 is 1.73 bits per heavy atom. The summed E-state index contributed by atoms with van der Waals surface area (Å²) < 4.78 is 0. The average molecular weight is 306 g/mol. The zero-order valence-electron chi connectivity index (χ0n) is 11.6. The normalized spacial score (nSPS) is 11.1. The molecule has 0 radical (unpaired) electrons. The molecule has 3 heteroatoms. The van der Waals surface area contributed by atoms with E-state index in [2.05, 4.69) is 4.98 Å². The maximum absolute atomic E-state index is 12.8. The predicted molar refractivity (Wildman–Crippen MR) is 90.7 cm³/mol. The molecule has 1 N–H and O–H groups in total. The molecule has 0 aliphatic heterocycles. The van der Waals surface area contributed by atoms with Crippen molar-refractivity contribution in [2.45, 2.75) is 0 Å². The number of carbonyl (C=O) groups is 1. The first kappa shape index (κ1) is 13.1. The van der Waals surface area contributed by atoms with Crippen LogP contribution < -0.4 is 0 Å². The Morgan fingerprint density at radius 3 is 2.59 bits per heavy atom. The van der Waals surface area contributed by atoms with Crippen LogP contribution in [0.1, 0.15) is 15.9 Å². The van der Waals surface area contributed by atoms with E-state index >= 15 is 0 Å². The SMILES string of the molecule is O=C(c1ccc2ccccc2c1)c1c[nH]c2ccc(Cl)cc12. The first-order chi connectivity index (χ1) is 10.7. The van der Waals surface area contributed by atoms with E-state index in [-0.39, 0.29) is 5.78 Å². The molecule has 0 fully saturated rings. The third kappa shape index (κ3) is 2.09. The number of carbonyl (C=O) groups excluding carboxylic acids is 1. The number of aromatic nitrogens is 1. The van der Waals surface area contributed by atoms with Gasteiger partial charge in [-0.1, -0.05) is 48.0 Å².